The van der Waals surface area contributed by atoms with Gasteiger partial charge in [0.2, 0.25) is 0 Å². The van der Waals surface area contributed by atoms with Crippen LogP contribution in [0.5, 0.6) is 5.75 Å². The lowest BCUT2D eigenvalue weighted by Crippen LogP contribution is -2.03. The number of thiazole rings is 1. The van der Waals surface area contributed by atoms with Crippen LogP contribution in [0.2, 0.25) is 0 Å². The van der Waals surface area contributed by atoms with E-state index in [0.29, 0.717) is 13.0 Å². The smallest absolute Gasteiger partial charge is 0.347 e. The number of nitrogens with zero attached hydrogens (tertiary/aromatic N) is 1. The number of aromatic nitrogens is 1. The minimum Gasteiger partial charge on any atom is -0.493 e. The topological polar surface area (TPSA) is 59.4 Å². The third-order valence-electron chi connectivity index (χ3n) is 3.10. The lowest BCUT2D eigenvalue weighted by atomic mass is 10.1. The second kappa shape index (κ2) is 6.05. The maximum Gasteiger partial charge on any atom is 0.347 e. The number of hydrogen-bond donors (Lipinski definition) is 1. The first-order valence-corrected chi connectivity index (χ1v) is 7.17. The summed E-state index contributed by atoms with van der Waals surface area (Å²) in [4.78, 5) is 15.1. The molecular formula is C15H17NO3S. The molecule has 4 nitrogen and oxygen atoms in total. The summed E-state index contributed by atoms with van der Waals surface area (Å²) in [5, 5.41) is 9.62. The minimum absolute atomic E-state index is 0.266. The van der Waals surface area contributed by atoms with Crippen molar-refractivity contribution in [2.75, 3.05) is 6.61 Å². The molecule has 0 unspecified atom stereocenters. The van der Waals surface area contributed by atoms with Crippen molar-refractivity contribution in [2.45, 2.75) is 27.2 Å². The van der Waals surface area contributed by atoms with Crippen LogP contribution in [0.1, 0.15) is 31.4 Å². The Hall–Kier alpha value is -1.88. The molecule has 0 atom stereocenters. The third kappa shape index (κ3) is 3.36. The minimum atomic E-state index is -0.931. The summed E-state index contributed by atoms with van der Waals surface area (Å²) in [6.07, 6.45) is 2.01. The molecule has 1 aromatic carbocycles. The van der Waals surface area contributed by atoms with Crippen molar-refractivity contribution in [2.24, 2.45) is 0 Å². The van der Waals surface area contributed by atoms with Crippen LogP contribution < -0.4 is 4.74 Å². The molecular weight excluding hydrogens is 274 g/mol. The predicted octanol–water partition coefficient (Wildman–Crippen LogP) is 3.39. The monoisotopic (exact) mass is 291 g/mol. The number of rotatable bonds is 5. The molecule has 0 bridgehead atoms. The molecule has 0 fully saturated rings. The Labute approximate surface area is 122 Å². The fraction of sp³-hybridized carbons (Fsp3) is 0.333. The number of carbonyl (C=O) groups is 1. The Kier molecular flexibility index (Phi) is 4.39. The van der Waals surface area contributed by atoms with Crippen molar-refractivity contribution in [1.29, 1.82) is 0 Å². The van der Waals surface area contributed by atoms with Crippen LogP contribution in [-0.4, -0.2) is 22.7 Å². The first-order valence-electron chi connectivity index (χ1n) is 6.36. The van der Waals surface area contributed by atoms with Gasteiger partial charge in [0.25, 0.3) is 0 Å². The molecule has 1 N–H and O–H groups in total. The van der Waals surface area contributed by atoms with Crippen LogP contribution in [0.25, 0.3) is 0 Å². The van der Waals surface area contributed by atoms with Gasteiger partial charge in [-0.3, -0.25) is 0 Å². The van der Waals surface area contributed by atoms with Gasteiger partial charge in [-0.1, -0.05) is 6.07 Å². The molecule has 0 amide bonds. The number of carboxylic acids is 1. The maximum atomic E-state index is 10.8. The SMILES string of the molecule is Cc1cc(C)c(C)c(OCCc2ncc(C(=O)O)s2)c1. The molecule has 0 aliphatic rings. The average Bonchev–Trinajstić information content (AvgIpc) is 2.84. The Morgan fingerprint density at radius 1 is 1.35 bits per heavy atom. The van der Waals surface area contributed by atoms with Crippen LogP contribution in [0.15, 0.2) is 18.3 Å². The van der Waals surface area contributed by atoms with Crippen molar-refractivity contribution in [3.8, 4) is 5.75 Å². The molecule has 1 heterocycles. The van der Waals surface area contributed by atoms with Crippen molar-refractivity contribution in [1.82, 2.24) is 4.98 Å². The van der Waals surface area contributed by atoms with Crippen molar-refractivity contribution in [3.05, 3.63) is 44.9 Å². The molecule has 20 heavy (non-hydrogen) atoms. The van der Waals surface area contributed by atoms with E-state index in [2.05, 4.69) is 18.0 Å². The van der Waals surface area contributed by atoms with Crippen LogP contribution in [0.3, 0.4) is 0 Å². The molecule has 0 radical (unpaired) electrons. The van der Waals surface area contributed by atoms with Crippen molar-refractivity contribution >= 4 is 17.3 Å². The normalized spacial score (nSPS) is 10.6. The average molecular weight is 291 g/mol. The van der Waals surface area contributed by atoms with Gasteiger partial charge in [0.05, 0.1) is 17.8 Å². The van der Waals surface area contributed by atoms with E-state index in [1.807, 2.05) is 19.9 Å². The molecule has 2 rings (SSSR count). The largest absolute Gasteiger partial charge is 0.493 e. The van der Waals surface area contributed by atoms with Gasteiger partial charge in [0.15, 0.2) is 0 Å². The summed E-state index contributed by atoms with van der Waals surface area (Å²) in [5.74, 6) is -0.0441. The summed E-state index contributed by atoms with van der Waals surface area (Å²) in [6.45, 7) is 6.64. The Balaban J connectivity index is 1.97. The predicted molar refractivity (Wildman–Crippen MR) is 78.9 cm³/mol. The van der Waals surface area contributed by atoms with Crippen molar-refractivity contribution in [3.63, 3.8) is 0 Å². The molecule has 0 aliphatic heterocycles. The number of carboxylic acid groups (broad SMARTS) is 1. The molecule has 106 valence electrons. The lowest BCUT2D eigenvalue weighted by molar-refractivity contribution is 0.0702. The lowest BCUT2D eigenvalue weighted by Gasteiger charge is -2.11. The van der Waals surface area contributed by atoms with Crippen LogP contribution in [-0.2, 0) is 6.42 Å². The summed E-state index contributed by atoms with van der Waals surface area (Å²) in [7, 11) is 0. The van der Waals surface area contributed by atoms with E-state index in [1.165, 1.54) is 28.7 Å². The van der Waals surface area contributed by atoms with Gasteiger partial charge in [-0.05, 0) is 43.5 Å². The summed E-state index contributed by atoms with van der Waals surface area (Å²) >= 11 is 1.20. The van der Waals surface area contributed by atoms with E-state index in [1.54, 1.807) is 0 Å². The highest BCUT2D eigenvalue weighted by Crippen LogP contribution is 2.23. The number of benzene rings is 1. The first-order chi connectivity index (χ1) is 9.47. The quantitative estimate of drug-likeness (QED) is 0.917. The molecule has 0 saturated heterocycles. The van der Waals surface area contributed by atoms with E-state index in [4.69, 9.17) is 9.84 Å². The Morgan fingerprint density at radius 2 is 2.10 bits per heavy atom. The Morgan fingerprint density at radius 3 is 2.75 bits per heavy atom. The second-order valence-corrected chi connectivity index (χ2v) is 5.84. The first kappa shape index (κ1) is 14.5. The number of ether oxygens (including phenoxy) is 1. The summed E-state index contributed by atoms with van der Waals surface area (Å²) < 4.78 is 5.79. The van der Waals surface area contributed by atoms with E-state index in [-0.39, 0.29) is 4.88 Å². The third-order valence-corrected chi connectivity index (χ3v) is 4.15. The van der Waals surface area contributed by atoms with Gasteiger partial charge in [0, 0.05) is 6.42 Å². The zero-order valence-corrected chi connectivity index (χ0v) is 12.6. The van der Waals surface area contributed by atoms with Gasteiger partial charge >= 0.3 is 5.97 Å². The summed E-state index contributed by atoms with van der Waals surface area (Å²) in [6, 6.07) is 4.15. The highest BCUT2D eigenvalue weighted by atomic mass is 32.1. The molecule has 2 aromatic rings. The van der Waals surface area contributed by atoms with E-state index in [9.17, 15) is 4.79 Å². The molecule has 0 aliphatic carbocycles. The van der Waals surface area contributed by atoms with Crippen LogP contribution in [0, 0.1) is 20.8 Å². The standard InChI is InChI=1S/C15H17NO3S/c1-9-6-10(2)11(3)12(7-9)19-5-4-14-16-8-13(20-14)15(17)18/h6-8H,4-5H2,1-3H3,(H,17,18). The van der Waals surface area contributed by atoms with Gasteiger partial charge < -0.3 is 9.84 Å². The second-order valence-electron chi connectivity index (χ2n) is 4.73. The van der Waals surface area contributed by atoms with Crippen LogP contribution >= 0.6 is 11.3 Å². The fourth-order valence-corrected chi connectivity index (χ4v) is 2.66. The molecule has 5 heteroatoms. The number of aromatic carboxylic acids is 1. The van der Waals surface area contributed by atoms with E-state index in [0.717, 1.165) is 16.3 Å². The van der Waals surface area contributed by atoms with Gasteiger partial charge in [-0.25, -0.2) is 9.78 Å². The summed E-state index contributed by atoms with van der Waals surface area (Å²) in [5.41, 5.74) is 3.52. The molecule has 1 aromatic heterocycles. The zero-order chi connectivity index (χ0) is 14.7. The van der Waals surface area contributed by atoms with Gasteiger partial charge in [0.1, 0.15) is 10.6 Å². The highest BCUT2D eigenvalue weighted by Gasteiger charge is 2.09. The van der Waals surface area contributed by atoms with Crippen LogP contribution in [0.4, 0.5) is 0 Å². The number of hydrogen-bond acceptors (Lipinski definition) is 4. The molecule has 0 saturated carbocycles. The number of aryl methyl sites for hydroxylation is 2. The van der Waals surface area contributed by atoms with Gasteiger partial charge in [-0.2, -0.15) is 0 Å². The van der Waals surface area contributed by atoms with E-state index >= 15 is 0 Å². The van der Waals surface area contributed by atoms with Crippen molar-refractivity contribution < 1.29 is 14.6 Å². The van der Waals surface area contributed by atoms with E-state index < -0.39 is 5.97 Å². The zero-order valence-electron chi connectivity index (χ0n) is 11.8. The Bertz CT molecular complexity index is 634. The fourth-order valence-electron chi connectivity index (χ4n) is 1.92. The maximum absolute atomic E-state index is 10.8. The highest BCUT2D eigenvalue weighted by molar-refractivity contribution is 7.13. The molecule has 0 spiro atoms. The van der Waals surface area contributed by atoms with Gasteiger partial charge in [-0.15, -0.1) is 11.3 Å².